The Morgan fingerprint density at radius 2 is 2.23 bits per heavy atom. The van der Waals surface area contributed by atoms with Crippen molar-refractivity contribution in [2.24, 2.45) is 0 Å². The van der Waals surface area contributed by atoms with Crippen molar-refractivity contribution in [1.82, 2.24) is 3.53 Å². The highest BCUT2D eigenvalue weighted by atomic mass is 127. The van der Waals surface area contributed by atoms with Gasteiger partial charge in [-0.05, 0) is 11.1 Å². The standard InChI is InChI=1S/C10H12INO/c1-13-9-6-7-4-2-3-5-8(7)10(9)12-11/h2-5,9-10,12H,6H2,1H3/t9-,10+/m0/s1. The molecule has 70 valence electrons. The van der Waals surface area contributed by atoms with Crippen LogP contribution in [0, 0.1) is 0 Å². The molecule has 3 heteroatoms. The smallest absolute Gasteiger partial charge is 0.0813 e. The minimum Gasteiger partial charge on any atom is -0.379 e. The first-order chi connectivity index (χ1) is 6.36. The average molecular weight is 289 g/mol. The Kier molecular flexibility index (Phi) is 2.86. The number of benzene rings is 1. The molecule has 2 rings (SSSR count). The zero-order chi connectivity index (χ0) is 9.26. The monoisotopic (exact) mass is 289 g/mol. The van der Waals surface area contributed by atoms with Crippen LogP contribution in [0.3, 0.4) is 0 Å². The molecule has 0 saturated carbocycles. The van der Waals surface area contributed by atoms with Gasteiger partial charge >= 0.3 is 0 Å². The highest BCUT2D eigenvalue weighted by Gasteiger charge is 2.31. The highest BCUT2D eigenvalue weighted by Crippen LogP contribution is 2.33. The van der Waals surface area contributed by atoms with E-state index in [4.69, 9.17) is 4.74 Å². The van der Waals surface area contributed by atoms with Gasteiger partial charge in [0.2, 0.25) is 0 Å². The second-order valence-electron chi connectivity index (χ2n) is 3.26. The van der Waals surface area contributed by atoms with Crippen molar-refractivity contribution in [1.29, 1.82) is 0 Å². The van der Waals surface area contributed by atoms with Crippen LogP contribution in [0.2, 0.25) is 0 Å². The first-order valence-electron chi connectivity index (χ1n) is 4.33. The van der Waals surface area contributed by atoms with Crippen LogP contribution >= 0.6 is 22.9 Å². The van der Waals surface area contributed by atoms with E-state index in [1.54, 1.807) is 7.11 Å². The van der Waals surface area contributed by atoms with Crippen molar-refractivity contribution in [3.05, 3.63) is 35.4 Å². The normalized spacial score (nSPS) is 26.0. The Morgan fingerprint density at radius 1 is 1.46 bits per heavy atom. The van der Waals surface area contributed by atoms with E-state index in [0.717, 1.165) is 6.42 Å². The third-order valence-corrected chi connectivity index (χ3v) is 3.27. The number of halogens is 1. The van der Waals surface area contributed by atoms with Crippen molar-refractivity contribution < 1.29 is 4.74 Å². The second kappa shape index (κ2) is 3.94. The number of rotatable bonds is 2. The summed E-state index contributed by atoms with van der Waals surface area (Å²) < 4.78 is 8.70. The molecule has 1 aliphatic carbocycles. The summed E-state index contributed by atoms with van der Waals surface area (Å²) in [4.78, 5) is 0. The molecule has 0 unspecified atom stereocenters. The topological polar surface area (TPSA) is 21.3 Å². The first-order valence-corrected chi connectivity index (χ1v) is 5.41. The fraction of sp³-hybridized carbons (Fsp3) is 0.400. The summed E-state index contributed by atoms with van der Waals surface area (Å²) in [6, 6.07) is 8.86. The van der Waals surface area contributed by atoms with Crippen molar-refractivity contribution in [3.63, 3.8) is 0 Å². The molecule has 1 aliphatic rings. The number of ether oxygens (including phenoxy) is 1. The maximum absolute atomic E-state index is 5.43. The summed E-state index contributed by atoms with van der Waals surface area (Å²) in [6.07, 6.45) is 1.31. The van der Waals surface area contributed by atoms with Crippen LogP contribution in [-0.4, -0.2) is 13.2 Å². The predicted octanol–water partition coefficient (Wildman–Crippen LogP) is 2.24. The molecule has 0 aromatic heterocycles. The van der Waals surface area contributed by atoms with Gasteiger partial charge in [-0.2, -0.15) is 0 Å². The van der Waals surface area contributed by atoms with Crippen molar-refractivity contribution >= 4 is 22.9 Å². The molecule has 1 N–H and O–H groups in total. The molecule has 0 bridgehead atoms. The molecule has 2 atom stereocenters. The van der Waals surface area contributed by atoms with E-state index in [-0.39, 0.29) is 6.10 Å². The lowest BCUT2D eigenvalue weighted by Crippen LogP contribution is -2.23. The van der Waals surface area contributed by atoms with Crippen LogP contribution in [-0.2, 0) is 11.2 Å². The maximum Gasteiger partial charge on any atom is 0.0813 e. The maximum atomic E-state index is 5.43. The van der Waals surface area contributed by atoms with Crippen LogP contribution in [0.25, 0.3) is 0 Å². The molecule has 1 aromatic carbocycles. The Hall–Kier alpha value is -0.130. The number of hydrogen-bond donors (Lipinski definition) is 1. The van der Waals surface area contributed by atoms with E-state index in [9.17, 15) is 0 Å². The van der Waals surface area contributed by atoms with Gasteiger partial charge in [0, 0.05) is 36.4 Å². The first kappa shape index (κ1) is 9.43. The van der Waals surface area contributed by atoms with Crippen LogP contribution < -0.4 is 3.53 Å². The van der Waals surface area contributed by atoms with E-state index >= 15 is 0 Å². The summed E-state index contributed by atoms with van der Waals surface area (Å²) in [7, 11) is 1.78. The summed E-state index contributed by atoms with van der Waals surface area (Å²) in [6.45, 7) is 0. The molecule has 0 fully saturated rings. The van der Waals surface area contributed by atoms with Crippen molar-refractivity contribution in [3.8, 4) is 0 Å². The van der Waals surface area contributed by atoms with Gasteiger partial charge in [-0.1, -0.05) is 24.3 Å². The van der Waals surface area contributed by atoms with Crippen LogP contribution in [0.5, 0.6) is 0 Å². The Labute approximate surface area is 92.2 Å². The zero-order valence-electron chi connectivity index (χ0n) is 7.46. The SMILES string of the molecule is CO[C@H]1Cc2ccccc2[C@H]1NI. The van der Waals surface area contributed by atoms with Gasteiger partial charge in [0.15, 0.2) is 0 Å². The van der Waals surface area contributed by atoms with Crippen molar-refractivity contribution in [2.75, 3.05) is 7.11 Å². The number of nitrogens with one attached hydrogen (secondary N) is 1. The fourth-order valence-corrected chi connectivity index (χ4v) is 2.64. The molecule has 1 aromatic rings. The van der Waals surface area contributed by atoms with E-state index in [1.165, 1.54) is 11.1 Å². The summed E-state index contributed by atoms with van der Waals surface area (Å²) >= 11 is 2.19. The van der Waals surface area contributed by atoms with Crippen LogP contribution in [0.1, 0.15) is 17.2 Å². The molecule has 2 nitrogen and oxygen atoms in total. The molecule has 13 heavy (non-hydrogen) atoms. The molecule has 0 spiro atoms. The molecule has 0 amide bonds. The van der Waals surface area contributed by atoms with Gasteiger partial charge in [0.1, 0.15) is 0 Å². The third-order valence-electron chi connectivity index (χ3n) is 2.60. The largest absolute Gasteiger partial charge is 0.379 e. The highest BCUT2D eigenvalue weighted by molar-refractivity contribution is 14.1. The summed E-state index contributed by atoms with van der Waals surface area (Å²) in [5.41, 5.74) is 2.78. The second-order valence-corrected chi connectivity index (χ2v) is 3.89. The van der Waals surface area contributed by atoms with Crippen LogP contribution in [0.4, 0.5) is 0 Å². The van der Waals surface area contributed by atoms with Gasteiger partial charge in [0.05, 0.1) is 12.1 Å². The Morgan fingerprint density at radius 3 is 2.92 bits per heavy atom. The van der Waals surface area contributed by atoms with E-state index in [2.05, 4.69) is 50.7 Å². The minimum absolute atomic E-state index is 0.286. The lowest BCUT2D eigenvalue weighted by molar-refractivity contribution is 0.0881. The van der Waals surface area contributed by atoms with Gasteiger partial charge in [-0.3, -0.25) is 3.53 Å². The third kappa shape index (κ3) is 1.60. The molecule has 0 aliphatic heterocycles. The molecular formula is C10H12INO. The summed E-state index contributed by atoms with van der Waals surface area (Å²) in [5.74, 6) is 0. The molecular weight excluding hydrogens is 277 g/mol. The Bertz CT molecular complexity index is 303. The van der Waals surface area contributed by atoms with Gasteiger partial charge < -0.3 is 4.74 Å². The lowest BCUT2D eigenvalue weighted by atomic mass is 10.1. The van der Waals surface area contributed by atoms with Gasteiger partial charge in [-0.15, -0.1) is 0 Å². The quantitative estimate of drug-likeness (QED) is 0.666. The van der Waals surface area contributed by atoms with Crippen molar-refractivity contribution in [2.45, 2.75) is 18.6 Å². The number of hydrogen-bond acceptors (Lipinski definition) is 2. The van der Waals surface area contributed by atoms with Crippen LogP contribution in [0.15, 0.2) is 24.3 Å². The molecule has 0 radical (unpaired) electrons. The Balaban J connectivity index is 2.34. The average Bonchev–Trinajstić information content (AvgIpc) is 2.55. The van der Waals surface area contributed by atoms with E-state index < -0.39 is 0 Å². The van der Waals surface area contributed by atoms with Gasteiger partial charge in [0.25, 0.3) is 0 Å². The van der Waals surface area contributed by atoms with E-state index in [1.807, 2.05) is 0 Å². The fourth-order valence-electron chi connectivity index (χ4n) is 1.91. The zero-order valence-corrected chi connectivity index (χ0v) is 9.61. The van der Waals surface area contributed by atoms with E-state index in [0.29, 0.717) is 6.04 Å². The number of fused-ring (bicyclic) bond motifs is 1. The molecule has 0 heterocycles. The predicted molar refractivity (Wildman–Crippen MR) is 60.8 cm³/mol. The minimum atomic E-state index is 0.286. The number of methoxy groups -OCH3 is 1. The molecule has 0 saturated heterocycles. The lowest BCUT2D eigenvalue weighted by Gasteiger charge is -2.16. The van der Waals surface area contributed by atoms with Gasteiger partial charge in [-0.25, -0.2) is 0 Å². The summed E-state index contributed by atoms with van der Waals surface area (Å²) in [5, 5.41) is 0.